The number of ether oxygens (including phenoxy) is 3. The van der Waals surface area contributed by atoms with E-state index in [0.29, 0.717) is 74.9 Å². The third-order valence-electron chi connectivity index (χ3n) is 14.3. The number of morpholine rings is 1. The number of nitrogens with one attached hydrogen (secondary N) is 2. The number of para-hydroxylation sites is 1. The van der Waals surface area contributed by atoms with Gasteiger partial charge in [-0.15, -0.1) is 0 Å². The van der Waals surface area contributed by atoms with Gasteiger partial charge in [-0.2, -0.15) is 10.2 Å². The number of carbonyl (C=O) groups excluding carboxylic acids is 4. The summed E-state index contributed by atoms with van der Waals surface area (Å²) >= 11 is 0. The number of piperidine rings is 1. The molecule has 0 radical (unpaired) electrons. The Kier molecular flexibility index (Phi) is 14.7. The molecule has 2 unspecified atom stereocenters. The number of anilines is 2. The maximum absolute atomic E-state index is 14.4. The van der Waals surface area contributed by atoms with Crippen LogP contribution in [0.25, 0.3) is 16.7 Å². The fraction of sp³-hybridized carbons (Fsp3) is 0.600. The zero-order chi connectivity index (χ0) is 50.1. The molecule has 9 rings (SSSR count). The summed E-state index contributed by atoms with van der Waals surface area (Å²) in [4.78, 5) is 74.0. The first-order chi connectivity index (χ1) is 34.0. The number of benzene rings is 1. The topological polar surface area (TPSA) is 201 Å². The summed E-state index contributed by atoms with van der Waals surface area (Å²) in [6.45, 7) is 9.13. The minimum atomic E-state index is -2.90. The third-order valence-corrected chi connectivity index (χ3v) is 14.3. The van der Waals surface area contributed by atoms with Crippen LogP contribution in [0.5, 0.6) is 0 Å². The Morgan fingerprint density at radius 3 is 2.55 bits per heavy atom. The van der Waals surface area contributed by atoms with Crippen LogP contribution in [0.1, 0.15) is 125 Å². The van der Waals surface area contributed by atoms with Crippen molar-refractivity contribution in [1.29, 1.82) is 0 Å². The number of imidazole rings is 1. The molecule has 382 valence electrons. The van der Waals surface area contributed by atoms with Gasteiger partial charge in [0.05, 0.1) is 53.6 Å². The quantitative estimate of drug-likeness (QED) is 0.0574. The second-order valence-corrected chi connectivity index (χ2v) is 20.7. The van der Waals surface area contributed by atoms with Gasteiger partial charge in [-0.1, -0.05) is 12.1 Å². The molecule has 4 fully saturated rings. The summed E-state index contributed by atoms with van der Waals surface area (Å²) in [7, 11) is 3.71. The van der Waals surface area contributed by atoms with Crippen molar-refractivity contribution < 1.29 is 42.2 Å². The molecule has 2 N–H and O–H groups in total. The van der Waals surface area contributed by atoms with Gasteiger partial charge >= 0.3 is 11.7 Å². The maximum atomic E-state index is 14.4. The molecule has 3 saturated heterocycles. The van der Waals surface area contributed by atoms with E-state index < -0.39 is 35.6 Å². The van der Waals surface area contributed by atoms with Gasteiger partial charge in [0.1, 0.15) is 23.0 Å². The monoisotopic (exact) mass is 985 g/mol. The largest absolute Gasteiger partial charge is 0.460 e. The van der Waals surface area contributed by atoms with Crippen LogP contribution in [0.2, 0.25) is 0 Å². The summed E-state index contributed by atoms with van der Waals surface area (Å²) in [5, 5.41) is 13.6. The molecule has 4 aliphatic rings. The normalized spacial score (nSPS) is 22.0. The van der Waals surface area contributed by atoms with Gasteiger partial charge in [0.25, 0.3) is 12.3 Å². The molecule has 71 heavy (non-hydrogen) atoms. The van der Waals surface area contributed by atoms with Gasteiger partial charge in [0.2, 0.25) is 11.8 Å². The van der Waals surface area contributed by atoms with E-state index in [0.717, 1.165) is 56.3 Å². The molecule has 19 nitrogen and oxygen atoms in total. The molecule has 0 spiro atoms. The van der Waals surface area contributed by atoms with Crippen molar-refractivity contribution >= 4 is 51.9 Å². The highest BCUT2D eigenvalue weighted by Crippen LogP contribution is 2.36. The Morgan fingerprint density at radius 2 is 1.83 bits per heavy atom. The number of alkyl halides is 2. The van der Waals surface area contributed by atoms with Crippen LogP contribution in [0, 0.1) is 11.8 Å². The van der Waals surface area contributed by atoms with E-state index in [-0.39, 0.29) is 65.8 Å². The van der Waals surface area contributed by atoms with Crippen LogP contribution >= 0.6 is 0 Å². The van der Waals surface area contributed by atoms with Crippen molar-refractivity contribution in [2.24, 2.45) is 18.9 Å². The van der Waals surface area contributed by atoms with E-state index in [1.54, 1.807) is 22.5 Å². The number of rotatable bonds is 19. The lowest BCUT2D eigenvalue weighted by atomic mass is 9.85. The van der Waals surface area contributed by atoms with Crippen LogP contribution in [0.15, 0.2) is 47.7 Å². The molecular weight excluding hydrogens is 921 g/mol. The predicted octanol–water partition coefficient (Wildman–Crippen LogP) is 5.77. The highest BCUT2D eigenvalue weighted by atomic mass is 19.3. The second kappa shape index (κ2) is 21.0. The molecule has 7 heterocycles. The van der Waals surface area contributed by atoms with Crippen molar-refractivity contribution in [3.63, 3.8) is 0 Å². The van der Waals surface area contributed by atoms with Crippen molar-refractivity contribution in [3.8, 4) is 0 Å². The molecule has 1 aromatic carbocycles. The minimum Gasteiger partial charge on any atom is -0.460 e. The molecule has 2 bridgehead atoms. The minimum absolute atomic E-state index is 0.0432. The van der Waals surface area contributed by atoms with Crippen molar-refractivity contribution in [3.05, 3.63) is 70.2 Å². The summed E-state index contributed by atoms with van der Waals surface area (Å²) < 4.78 is 52.6. The fourth-order valence-electron chi connectivity index (χ4n) is 10.9. The van der Waals surface area contributed by atoms with Crippen molar-refractivity contribution in [2.75, 3.05) is 56.7 Å². The molecule has 3 aliphatic heterocycles. The summed E-state index contributed by atoms with van der Waals surface area (Å²) in [6.07, 6.45) is 8.97. The first-order valence-electron chi connectivity index (χ1n) is 24.9. The van der Waals surface area contributed by atoms with Crippen LogP contribution in [0.4, 0.5) is 20.3 Å². The lowest BCUT2D eigenvalue weighted by Gasteiger charge is -2.33. The van der Waals surface area contributed by atoms with Crippen LogP contribution < -0.4 is 21.2 Å². The van der Waals surface area contributed by atoms with E-state index in [4.69, 9.17) is 19.2 Å². The fourth-order valence-corrected chi connectivity index (χ4v) is 10.9. The number of aromatic nitrogens is 7. The highest BCUT2D eigenvalue weighted by molar-refractivity contribution is 6.08. The van der Waals surface area contributed by atoms with Gasteiger partial charge in [-0.05, 0) is 116 Å². The molecule has 4 aromatic heterocycles. The summed E-state index contributed by atoms with van der Waals surface area (Å²) in [6, 6.07) is 6.88. The van der Waals surface area contributed by atoms with Crippen LogP contribution in [0.3, 0.4) is 0 Å². The van der Waals surface area contributed by atoms with Gasteiger partial charge in [0.15, 0.2) is 11.3 Å². The number of imide groups is 1. The Bertz CT molecular complexity index is 2820. The first kappa shape index (κ1) is 49.9. The average Bonchev–Trinajstić information content (AvgIpc) is 4.18. The van der Waals surface area contributed by atoms with Gasteiger partial charge < -0.3 is 29.3 Å². The molecule has 1 aliphatic carbocycles. The van der Waals surface area contributed by atoms with E-state index in [1.165, 1.54) is 21.5 Å². The van der Waals surface area contributed by atoms with E-state index in [2.05, 4.69) is 30.6 Å². The van der Waals surface area contributed by atoms with Gasteiger partial charge in [-0.25, -0.2) is 23.1 Å². The maximum Gasteiger partial charge on any atom is 0.329 e. The number of hydrogen-bond donors (Lipinski definition) is 2. The standard InChI is InChI=1S/C50H65F2N11O8/c1-50(2,3)71-48(67)32(11-8-22-69-21-7-10-31-9-6-12-38-43(31)59(5)49(68)63(38)39-17-18-41(64)56-47(39)66)26-58(4)25-30-13-15-33(16-14-30)62-28-37(42(57-62)44(51)52)54-46(65)36-24-53-61-20-19-40(55-45(36)61)60-27-35-23-34(60)29-70-35/h6,9,12,19-20,24,28,30,32-35,39,44H,7-8,10-11,13-18,21-23,25-27,29H2,1-5H3,(H,54,65)(H,56,64,66)/t30?,32?,33?,34-,35-,39?/m1/s1. The molecule has 1 saturated carbocycles. The Hall–Kier alpha value is -6.06. The zero-order valence-electron chi connectivity index (χ0n) is 41.2. The highest BCUT2D eigenvalue weighted by Gasteiger charge is 2.40. The van der Waals surface area contributed by atoms with Crippen molar-refractivity contribution in [1.82, 2.24) is 43.7 Å². The SMILES string of the molecule is CN(CC1CCC(n2cc(NC(=O)c3cnn4ccc(N5C[C@H]6C[C@@H]5CO6)nc34)c(C(F)F)n2)CC1)CC(CCCOCCCc1cccc2c1n(C)c(=O)n2C1CCC(=O)NC1=O)C(=O)OC(C)(C)C. The molecule has 4 atom stereocenters. The Morgan fingerprint density at radius 1 is 1.04 bits per heavy atom. The number of amides is 3. The van der Waals surface area contributed by atoms with Gasteiger partial charge in [-0.3, -0.25) is 38.3 Å². The Labute approximate surface area is 410 Å². The second-order valence-electron chi connectivity index (χ2n) is 20.7. The lowest BCUT2D eigenvalue weighted by molar-refractivity contribution is -0.161. The molecule has 3 amide bonds. The van der Waals surface area contributed by atoms with E-state index in [9.17, 15) is 32.8 Å². The van der Waals surface area contributed by atoms with Gasteiger partial charge in [0, 0.05) is 58.7 Å². The van der Waals surface area contributed by atoms with E-state index >= 15 is 0 Å². The molecular formula is C50H65F2N11O8. The number of aryl methyl sites for hydroxylation is 2. The molecule has 5 aromatic rings. The number of carbonyl (C=O) groups is 4. The third kappa shape index (κ3) is 11.1. The predicted molar refractivity (Wildman–Crippen MR) is 258 cm³/mol. The van der Waals surface area contributed by atoms with Crippen LogP contribution in [-0.4, -0.2) is 126 Å². The lowest BCUT2D eigenvalue weighted by Crippen LogP contribution is -2.44. The zero-order valence-corrected chi connectivity index (χ0v) is 41.2. The Balaban J connectivity index is 0.745. The van der Waals surface area contributed by atoms with E-state index in [1.807, 2.05) is 52.1 Å². The number of hydrogen-bond acceptors (Lipinski definition) is 13. The summed E-state index contributed by atoms with van der Waals surface area (Å²) in [5.41, 5.74) is 1.40. The smallest absolute Gasteiger partial charge is 0.329 e. The number of esters is 1. The first-order valence-corrected chi connectivity index (χ1v) is 24.9. The van der Waals surface area contributed by atoms with Crippen LogP contribution in [-0.2, 0) is 42.1 Å². The number of nitrogens with zero attached hydrogens (tertiary/aromatic N) is 9. The average molecular weight is 986 g/mol. The van der Waals surface area contributed by atoms with Crippen molar-refractivity contribution in [2.45, 2.75) is 128 Å². The number of halogens is 2. The molecule has 21 heteroatoms. The summed E-state index contributed by atoms with van der Waals surface area (Å²) in [5.74, 6) is -0.981. The number of fused-ring (bicyclic) bond motifs is 4.